The maximum absolute atomic E-state index is 6.31. The topological polar surface area (TPSA) is 55.6 Å². The van der Waals surface area contributed by atoms with Gasteiger partial charge in [-0.1, -0.05) is 29.9 Å². The van der Waals surface area contributed by atoms with Gasteiger partial charge in [0.05, 0.1) is 33.5 Å². The van der Waals surface area contributed by atoms with Gasteiger partial charge in [-0.05, 0) is 31.4 Å². The van der Waals surface area contributed by atoms with Crippen LogP contribution in [0.25, 0.3) is 0 Å². The first-order valence-electron chi connectivity index (χ1n) is 6.48. The Balaban J connectivity index is 2.48. The van der Waals surface area contributed by atoms with E-state index in [0.717, 1.165) is 35.8 Å². The summed E-state index contributed by atoms with van der Waals surface area (Å²) in [6, 6.07) is 0.00917. The van der Waals surface area contributed by atoms with Gasteiger partial charge in [-0.3, -0.25) is 4.68 Å². The van der Waals surface area contributed by atoms with Crippen molar-refractivity contribution in [3.63, 3.8) is 0 Å². The fourth-order valence-electron chi connectivity index (χ4n) is 2.11. The fraction of sp³-hybridized carbons (Fsp3) is 0.583. The normalized spacial score (nSPS) is 12.8. The van der Waals surface area contributed by atoms with Crippen molar-refractivity contribution in [1.82, 2.24) is 24.7 Å². The molecule has 2 heterocycles. The third-order valence-electron chi connectivity index (χ3n) is 3.00. The zero-order chi connectivity index (χ0) is 13.8. The molecular formula is C12H18ClN5S. The maximum Gasteiger partial charge on any atom is 0.0892 e. The highest BCUT2D eigenvalue weighted by molar-refractivity contribution is 7.05. The summed E-state index contributed by atoms with van der Waals surface area (Å²) < 4.78 is 6.00. The van der Waals surface area contributed by atoms with Crippen molar-refractivity contribution in [2.45, 2.75) is 39.8 Å². The summed E-state index contributed by atoms with van der Waals surface area (Å²) in [5, 5.41) is 12.6. The molecule has 0 amide bonds. The Bertz CT molecular complexity index is 536. The number of hydrogen-bond acceptors (Lipinski definition) is 5. The molecular weight excluding hydrogens is 282 g/mol. The lowest BCUT2D eigenvalue weighted by molar-refractivity contribution is 0.544. The van der Waals surface area contributed by atoms with E-state index < -0.39 is 0 Å². The van der Waals surface area contributed by atoms with Gasteiger partial charge < -0.3 is 5.32 Å². The molecule has 0 aromatic carbocycles. The van der Waals surface area contributed by atoms with Crippen molar-refractivity contribution in [2.75, 3.05) is 6.54 Å². The molecule has 0 saturated carbocycles. The smallest absolute Gasteiger partial charge is 0.0892 e. The van der Waals surface area contributed by atoms with Crippen LogP contribution in [-0.4, -0.2) is 25.9 Å². The van der Waals surface area contributed by atoms with Gasteiger partial charge in [0.1, 0.15) is 0 Å². The highest BCUT2D eigenvalue weighted by Gasteiger charge is 2.25. The first-order chi connectivity index (χ1) is 9.22. The quantitative estimate of drug-likeness (QED) is 0.891. The van der Waals surface area contributed by atoms with Crippen LogP contribution < -0.4 is 5.32 Å². The lowest BCUT2D eigenvalue weighted by Crippen LogP contribution is -2.25. The van der Waals surface area contributed by atoms with Crippen LogP contribution in [0.15, 0.2) is 6.20 Å². The second-order valence-electron chi connectivity index (χ2n) is 4.12. The molecule has 0 fully saturated rings. The zero-order valence-electron chi connectivity index (χ0n) is 11.4. The minimum absolute atomic E-state index is 0.00917. The summed E-state index contributed by atoms with van der Waals surface area (Å²) in [5.74, 6) is 0. The summed E-state index contributed by atoms with van der Waals surface area (Å²) in [4.78, 5) is 1.13. The summed E-state index contributed by atoms with van der Waals surface area (Å²) in [5.41, 5.74) is 2.02. The van der Waals surface area contributed by atoms with E-state index >= 15 is 0 Å². The average molecular weight is 300 g/mol. The Hall–Kier alpha value is -0.980. The number of aromatic nitrogens is 4. The van der Waals surface area contributed by atoms with E-state index in [-0.39, 0.29) is 6.04 Å². The van der Waals surface area contributed by atoms with Crippen LogP contribution in [0.3, 0.4) is 0 Å². The molecule has 0 aliphatic heterocycles. The largest absolute Gasteiger partial charge is 0.304 e. The Labute approximate surface area is 122 Å². The van der Waals surface area contributed by atoms with Crippen molar-refractivity contribution < 1.29 is 0 Å². The average Bonchev–Trinajstić information content (AvgIpc) is 3.02. The van der Waals surface area contributed by atoms with E-state index in [1.807, 2.05) is 4.68 Å². The monoisotopic (exact) mass is 299 g/mol. The van der Waals surface area contributed by atoms with Gasteiger partial charge in [-0.15, -0.1) is 5.10 Å². The minimum atomic E-state index is 0.00917. The predicted molar refractivity (Wildman–Crippen MR) is 77.7 cm³/mol. The van der Waals surface area contributed by atoms with Crippen LogP contribution in [0.2, 0.25) is 5.02 Å². The molecule has 5 nitrogen and oxygen atoms in total. The molecule has 2 aromatic heterocycles. The van der Waals surface area contributed by atoms with Crippen molar-refractivity contribution in [2.24, 2.45) is 0 Å². The molecule has 2 rings (SSSR count). The van der Waals surface area contributed by atoms with Crippen LogP contribution in [0.5, 0.6) is 0 Å². The summed E-state index contributed by atoms with van der Waals surface area (Å²) in [7, 11) is 0. The number of hydrogen-bond donors (Lipinski definition) is 1. The standard InChI is InChI=1S/C12H18ClN5S/c1-4-9-12(19-17-16-9)10(14-5-2)11-8(13)7-15-18(11)6-3/h7,10,14H,4-6H2,1-3H3. The van der Waals surface area contributed by atoms with Gasteiger partial charge in [-0.2, -0.15) is 5.10 Å². The minimum Gasteiger partial charge on any atom is -0.304 e. The Morgan fingerprint density at radius 3 is 2.84 bits per heavy atom. The highest BCUT2D eigenvalue weighted by Crippen LogP contribution is 2.31. The molecule has 0 saturated heterocycles. The predicted octanol–water partition coefficient (Wildman–Crippen LogP) is 2.67. The molecule has 19 heavy (non-hydrogen) atoms. The SMILES string of the molecule is CCNC(c1snnc1CC)c1c(Cl)cnn1CC. The third kappa shape index (κ3) is 2.80. The molecule has 0 spiro atoms. The first-order valence-corrected chi connectivity index (χ1v) is 7.63. The molecule has 104 valence electrons. The number of aryl methyl sites for hydroxylation is 2. The van der Waals surface area contributed by atoms with Crippen LogP contribution in [0.4, 0.5) is 0 Å². The lowest BCUT2D eigenvalue weighted by Gasteiger charge is -2.18. The van der Waals surface area contributed by atoms with Crippen molar-refractivity contribution in [1.29, 1.82) is 0 Å². The molecule has 1 N–H and O–H groups in total. The second-order valence-corrected chi connectivity index (χ2v) is 5.31. The number of rotatable bonds is 6. The Morgan fingerprint density at radius 2 is 2.21 bits per heavy atom. The zero-order valence-corrected chi connectivity index (χ0v) is 12.9. The van der Waals surface area contributed by atoms with Gasteiger partial charge in [-0.25, -0.2) is 0 Å². The Morgan fingerprint density at radius 1 is 1.42 bits per heavy atom. The van der Waals surface area contributed by atoms with E-state index in [1.165, 1.54) is 11.5 Å². The van der Waals surface area contributed by atoms with E-state index in [2.05, 4.69) is 40.8 Å². The lowest BCUT2D eigenvalue weighted by atomic mass is 10.1. The van der Waals surface area contributed by atoms with E-state index in [1.54, 1.807) is 6.20 Å². The van der Waals surface area contributed by atoms with Crippen LogP contribution >= 0.6 is 23.1 Å². The Kier molecular flexibility index (Phi) is 4.90. The molecule has 7 heteroatoms. The fourth-order valence-corrected chi connectivity index (χ4v) is 3.18. The number of halogens is 1. The molecule has 0 aliphatic rings. The van der Waals surface area contributed by atoms with Crippen molar-refractivity contribution in [3.05, 3.63) is 27.5 Å². The molecule has 0 radical (unpaired) electrons. The van der Waals surface area contributed by atoms with Crippen LogP contribution in [-0.2, 0) is 13.0 Å². The number of nitrogens with one attached hydrogen (secondary N) is 1. The summed E-state index contributed by atoms with van der Waals surface area (Å²) in [6.45, 7) is 7.85. The van der Waals surface area contributed by atoms with Gasteiger partial charge in [0.15, 0.2) is 0 Å². The molecule has 1 unspecified atom stereocenters. The summed E-state index contributed by atoms with van der Waals surface area (Å²) in [6.07, 6.45) is 2.57. The molecule has 0 bridgehead atoms. The van der Waals surface area contributed by atoms with Crippen molar-refractivity contribution in [3.8, 4) is 0 Å². The van der Waals surface area contributed by atoms with E-state index in [9.17, 15) is 0 Å². The van der Waals surface area contributed by atoms with E-state index in [0.29, 0.717) is 5.02 Å². The van der Waals surface area contributed by atoms with Crippen LogP contribution in [0, 0.1) is 0 Å². The highest BCUT2D eigenvalue weighted by atomic mass is 35.5. The van der Waals surface area contributed by atoms with Crippen LogP contribution in [0.1, 0.15) is 43.1 Å². The molecule has 2 aromatic rings. The third-order valence-corrected chi connectivity index (χ3v) is 4.12. The van der Waals surface area contributed by atoms with Crippen molar-refractivity contribution >= 4 is 23.1 Å². The first kappa shape index (κ1) is 14.4. The van der Waals surface area contributed by atoms with Gasteiger partial charge in [0.25, 0.3) is 0 Å². The molecule has 0 aliphatic carbocycles. The molecule has 1 atom stereocenters. The van der Waals surface area contributed by atoms with Gasteiger partial charge in [0.2, 0.25) is 0 Å². The number of nitrogens with zero attached hydrogens (tertiary/aromatic N) is 4. The summed E-state index contributed by atoms with van der Waals surface area (Å²) >= 11 is 7.73. The second kappa shape index (κ2) is 6.45. The van der Waals surface area contributed by atoms with Gasteiger partial charge >= 0.3 is 0 Å². The van der Waals surface area contributed by atoms with E-state index in [4.69, 9.17) is 11.6 Å². The maximum atomic E-state index is 6.31. The van der Waals surface area contributed by atoms with Gasteiger partial charge in [0, 0.05) is 6.54 Å².